The van der Waals surface area contributed by atoms with E-state index in [9.17, 15) is 28.1 Å². The number of anilines is 1. The van der Waals surface area contributed by atoms with Crippen LogP contribution in [0.25, 0.3) is 0 Å². The molecule has 0 aliphatic heterocycles. The van der Waals surface area contributed by atoms with Crippen LogP contribution in [-0.2, 0) is 11.0 Å². The van der Waals surface area contributed by atoms with Crippen LogP contribution in [-0.4, -0.2) is 17.4 Å². The molecular weight excluding hydrogens is 377 g/mol. The lowest BCUT2D eigenvalue weighted by molar-refractivity contribution is -0.385. The molecule has 2 aromatic rings. The van der Waals surface area contributed by atoms with Gasteiger partial charge in [0.1, 0.15) is 0 Å². The summed E-state index contributed by atoms with van der Waals surface area (Å²) in [6.07, 6.45) is -4.72. The Morgan fingerprint density at radius 1 is 1.27 bits per heavy atom. The van der Waals surface area contributed by atoms with Crippen molar-refractivity contribution in [3.63, 3.8) is 0 Å². The number of benzene rings is 2. The summed E-state index contributed by atoms with van der Waals surface area (Å²) < 4.78 is 44.1. The van der Waals surface area contributed by atoms with Crippen molar-refractivity contribution in [3.05, 3.63) is 62.7 Å². The Bertz CT molecular complexity index is 856. The molecule has 10 heteroatoms. The molecule has 0 aromatic heterocycles. The first-order valence-electron chi connectivity index (χ1n) is 7.12. The topological polar surface area (TPSA) is 81.5 Å². The molecule has 0 aliphatic rings. The molecule has 0 radical (unpaired) electrons. The second-order valence-electron chi connectivity index (χ2n) is 5.25. The van der Waals surface area contributed by atoms with Gasteiger partial charge in [-0.2, -0.15) is 13.2 Å². The van der Waals surface area contributed by atoms with Crippen molar-refractivity contribution < 1.29 is 27.6 Å². The molecule has 0 bridgehead atoms. The summed E-state index contributed by atoms with van der Waals surface area (Å²) in [4.78, 5) is 22.2. The van der Waals surface area contributed by atoms with Crippen molar-refractivity contribution in [3.8, 4) is 5.75 Å². The summed E-state index contributed by atoms with van der Waals surface area (Å²) in [5.41, 5.74) is -1.30. The molecule has 26 heavy (non-hydrogen) atoms. The van der Waals surface area contributed by atoms with Gasteiger partial charge in [-0.1, -0.05) is 17.7 Å². The van der Waals surface area contributed by atoms with E-state index in [1.54, 1.807) is 6.92 Å². The standard InChI is InChI=1S/C16H12ClF3N2O4/c1-9-2-5-13(22(24)25)14(6-9)26-8-15(23)21-12-4-3-10(17)7-11(12)16(18,19)20/h2-7H,8H2,1H3,(H,21,23). The van der Waals surface area contributed by atoms with Crippen LogP contribution in [0.5, 0.6) is 5.75 Å². The number of alkyl halides is 3. The van der Waals surface area contributed by atoms with Gasteiger partial charge in [0, 0.05) is 11.1 Å². The van der Waals surface area contributed by atoms with Gasteiger partial charge in [0.2, 0.25) is 0 Å². The molecule has 6 nitrogen and oxygen atoms in total. The van der Waals surface area contributed by atoms with Crippen LogP contribution in [0.4, 0.5) is 24.5 Å². The average Bonchev–Trinajstić information content (AvgIpc) is 2.53. The van der Waals surface area contributed by atoms with E-state index in [-0.39, 0.29) is 16.5 Å². The van der Waals surface area contributed by atoms with E-state index >= 15 is 0 Å². The molecule has 1 N–H and O–H groups in total. The van der Waals surface area contributed by atoms with Crippen LogP contribution < -0.4 is 10.1 Å². The molecule has 2 rings (SSSR count). The molecule has 138 valence electrons. The number of ether oxygens (including phenoxy) is 1. The van der Waals surface area contributed by atoms with E-state index < -0.39 is 34.9 Å². The lowest BCUT2D eigenvalue weighted by atomic mass is 10.1. The summed E-state index contributed by atoms with van der Waals surface area (Å²) >= 11 is 5.56. The molecule has 0 heterocycles. The highest BCUT2D eigenvalue weighted by atomic mass is 35.5. The van der Waals surface area contributed by atoms with E-state index in [4.69, 9.17) is 16.3 Å². The van der Waals surface area contributed by atoms with Crippen LogP contribution in [0, 0.1) is 17.0 Å². The Morgan fingerprint density at radius 2 is 1.96 bits per heavy atom. The fourth-order valence-electron chi connectivity index (χ4n) is 2.08. The lowest BCUT2D eigenvalue weighted by Gasteiger charge is -2.14. The van der Waals surface area contributed by atoms with Gasteiger partial charge in [-0.3, -0.25) is 14.9 Å². The van der Waals surface area contributed by atoms with Crippen LogP contribution in [0.3, 0.4) is 0 Å². The first-order chi connectivity index (χ1) is 12.1. The van der Waals surface area contributed by atoms with Gasteiger partial charge in [0.05, 0.1) is 16.2 Å². The zero-order valence-electron chi connectivity index (χ0n) is 13.3. The second-order valence-corrected chi connectivity index (χ2v) is 5.69. The Hall–Kier alpha value is -2.81. The van der Waals surface area contributed by atoms with Crippen LogP contribution in [0.2, 0.25) is 5.02 Å². The molecule has 0 unspecified atom stereocenters. The molecule has 2 aromatic carbocycles. The van der Waals surface area contributed by atoms with Gasteiger partial charge in [-0.05, 0) is 36.8 Å². The molecule has 0 spiro atoms. The largest absolute Gasteiger partial charge is 0.477 e. The third-order valence-electron chi connectivity index (χ3n) is 3.23. The molecule has 0 atom stereocenters. The summed E-state index contributed by atoms with van der Waals surface area (Å²) in [6.45, 7) is 0.962. The highest BCUT2D eigenvalue weighted by Gasteiger charge is 2.34. The number of hydrogen-bond donors (Lipinski definition) is 1. The monoisotopic (exact) mass is 388 g/mol. The SMILES string of the molecule is Cc1ccc([N+](=O)[O-])c(OCC(=O)Nc2ccc(Cl)cc2C(F)(F)F)c1. The number of halogens is 4. The Balaban J connectivity index is 2.14. The minimum absolute atomic E-state index is 0.137. The quantitative estimate of drug-likeness (QED) is 0.600. The van der Waals surface area contributed by atoms with Gasteiger partial charge < -0.3 is 10.1 Å². The lowest BCUT2D eigenvalue weighted by Crippen LogP contribution is -2.22. The van der Waals surface area contributed by atoms with Gasteiger partial charge in [0.15, 0.2) is 12.4 Å². The zero-order valence-corrected chi connectivity index (χ0v) is 14.0. The van der Waals surface area contributed by atoms with Gasteiger partial charge in [0.25, 0.3) is 5.91 Å². The number of carbonyl (C=O) groups excluding carboxylic acids is 1. The second kappa shape index (κ2) is 7.61. The van der Waals surface area contributed by atoms with Crippen molar-refractivity contribution in [2.45, 2.75) is 13.1 Å². The van der Waals surface area contributed by atoms with Gasteiger partial charge in [-0.25, -0.2) is 0 Å². The van der Waals surface area contributed by atoms with Crippen LogP contribution >= 0.6 is 11.6 Å². The van der Waals surface area contributed by atoms with Crippen LogP contribution in [0.1, 0.15) is 11.1 Å². The molecule has 0 saturated carbocycles. The number of nitrogens with one attached hydrogen (secondary N) is 1. The predicted octanol–water partition coefficient (Wildman–Crippen LogP) is 4.59. The number of hydrogen-bond acceptors (Lipinski definition) is 4. The zero-order chi connectivity index (χ0) is 19.5. The third-order valence-corrected chi connectivity index (χ3v) is 3.47. The van der Waals surface area contributed by atoms with Gasteiger partial charge in [-0.15, -0.1) is 0 Å². The maximum atomic E-state index is 13.0. The molecule has 0 fully saturated rings. The van der Waals surface area contributed by atoms with E-state index in [1.807, 2.05) is 0 Å². The maximum Gasteiger partial charge on any atom is 0.418 e. The number of aryl methyl sites for hydroxylation is 1. The average molecular weight is 389 g/mol. The van der Waals surface area contributed by atoms with Gasteiger partial charge >= 0.3 is 11.9 Å². The fourth-order valence-corrected chi connectivity index (χ4v) is 2.25. The number of carbonyl (C=O) groups is 1. The van der Waals surface area contributed by atoms with Crippen molar-refractivity contribution in [1.82, 2.24) is 0 Å². The fraction of sp³-hybridized carbons (Fsp3) is 0.188. The summed E-state index contributed by atoms with van der Waals surface area (Å²) in [5, 5.41) is 12.9. The highest BCUT2D eigenvalue weighted by Crippen LogP contribution is 2.36. The first-order valence-corrected chi connectivity index (χ1v) is 7.50. The summed E-state index contributed by atoms with van der Waals surface area (Å²) in [6, 6.07) is 6.95. The summed E-state index contributed by atoms with van der Waals surface area (Å²) in [7, 11) is 0. The van der Waals surface area contributed by atoms with E-state index in [0.29, 0.717) is 11.6 Å². The number of nitro groups is 1. The Morgan fingerprint density at radius 3 is 2.58 bits per heavy atom. The number of nitrogens with zero attached hydrogens (tertiary/aromatic N) is 1. The number of amides is 1. The minimum atomic E-state index is -4.72. The smallest absolute Gasteiger partial charge is 0.418 e. The molecular formula is C16H12ClF3N2O4. The van der Waals surface area contributed by atoms with Crippen molar-refractivity contribution in [1.29, 1.82) is 0 Å². The van der Waals surface area contributed by atoms with E-state index in [2.05, 4.69) is 5.32 Å². The molecule has 1 amide bonds. The van der Waals surface area contributed by atoms with Crippen molar-refractivity contribution in [2.75, 3.05) is 11.9 Å². The van der Waals surface area contributed by atoms with Crippen molar-refractivity contribution in [2.24, 2.45) is 0 Å². The number of rotatable bonds is 5. The number of nitro benzene ring substituents is 1. The first kappa shape index (κ1) is 19.5. The predicted molar refractivity (Wildman–Crippen MR) is 88.4 cm³/mol. The van der Waals surface area contributed by atoms with Crippen LogP contribution in [0.15, 0.2) is 36.4 Å². The summed E-state index contributed by atoms with van der Waals surface area (Å²) in [5.74, 6) is -1.06. The third kappa shape index (κ3) is 4.85. The molecule has 0 aliphatic carbocycles. The van der Waals surface area contributed by atoms with Crippen molar-refractivity contribution >= 4 is 28.9 Å². The van der Waals surface area contributed by atoms with E-state index in [0.717, 1.165) is 6.07 Å². The normalized spacial score (nSPS) is 11.1. The maximum absolute atomic E-state index is 13.0. The van der Waals surface area contributed by atoms with E-state index in [1.165, 1.54) is 24.3 Å². The highest BCUT2D eigenvalue weighted by molar-refractivity contribution is 6.30. The Labute approximate surface area is 150 Å². The Kier molecular flexibility index (Phi) is 5.71. The minimum Gasteiger partial charge on any atom is -0.477 e. The molecule has 0 saturated heterocycles.